The number of halogens is 2. The fourth-order valence-corrected chi connectivity index (χ4v) is 4.81. The van der Waals surface area contributed by atoms with E-state index in [2.05, 4.69) is 11.4 Å². The number of para-hydroxylation sites is 2. The van der Waals surface area contributed by atoms with Gasteiger partial charge in [0.2, 0.25) is 11.8 Å². The summed E-state index contributed by atoms with van der Waals surface area (Å²) in [5.41, 5.74) is 9.49. The number of nitrogens with two attached hydrogens (primary N) is 1. The number of carbonyl (C=O) groups excluding carboxylic acids is 2. The zero-order valence-electron chi connectivity index (χ0n) is 22.9. The fourth-order valence-electron chi connectivity index (χ4n) is 4.31. The van der Waals surface area contributed by atoms with E-state index in [9.17, 15) is 14.9 Å². The summed E-state index contributed by atoms with van der Waals surface area (Å²) in [5, 5.41) is 13.1. The second kappa shape index (κ2) is 15.0. The van der Waals surface area contributed by atoms with Crippen LogP contribution >= 0.6 is 23.2 Å². The van der Waals surface area contributed by atoms with Gasteiger partial charge in [0.15, 0.2) is 5.75 Å². The van der Waals surface area contributed by atoms with E-state index in [1.807, 2.05) is 54.6 Å². The molecule has 0 aliphatic carbocycles. The van der Waals surface area contributed by atoms with Crippen molar-refractivity contribution in [3.63, 3.8) is 0 Å². The molecule has 7 nitrogen and oxygen atoms in total. The minimum Gasteiger partial charge on any atom is -0.455 e. The Morgan fingerprint density at radius 3 is 2.43 bits per heavy atom. The summed E-state index contributed by atoms with van der Waals surface area (Å²) in [4.78, 5) is 27.9. The van der Waals surface area contributed by atoms with Crippen molar-refractivity contribution in [2.45, 2.75) is 32.4 Å². The van der Waals surface area contributed by atoms with E-state index in [4.69, 9.17) is 33.7 Å². The van der Waals surface area contributed by atoms with Gasteiger partial charge < -0.3 is 20.7 Å². The lowest BCUT2D eigenvalue weighted by Crippen LogP contribution is -2.33. The van der Waals surface area contributed by atoms with Gasteiger partial charge in [0, 0.05) is 36.0 Å². The second-order valence-electron chi connectivity index (χ2n) is 9.55. The van der Waals surface area contributed by atoms with Gasteiger partial charge in [0.1, 0.15) is 5.75 Å². The lowest BCUT2D eigenvalue weighted by Gasteiger charge is -2.25. The SMILES string of the molecule is N#Cc1ccc(CN(C(=O)CCC(=O)NCCc2ccc(Cl)cc2Cl)c2ccccc2Oc2cccc(CN)c2)cc1. The van der Waals surface area contributed by atoms with Crippen molar-refractivity contribution in [2.75, 3.05) is 11.4 Å². The molecular formula is C33H30Cl2N4O3. The van der Waals surface area contributed by atoms with Gasteiger partial charge in [-0.1, -0.05) is 65.7 Å². The summed E-state index contributed by atoms with van der Waals surface area (Å²) in [6.07, 6.45) is 0.538. The predicted octanol–water partition coefficient (Wildman–Crippen LogP) is 6.79. The number of amides is 2. The fraction of sp³-hybridized carbons (Fsp3) is 0.182. The number of hydrogen-bond acceptors (Lipinski definition) is 5. The molecule has 4 aromatic rings. The third-order valence-corrected chi connectivity index (χ3v) is 7.13. The molecule has 0 saturated carbocycles. The molecule has 4 aromatic carbocycles. The first-order valence-corrected chi connectivity index (χ1v) is 14.2. The number of rotatable bonds is 12. The first kappa shape index (κ1) is 30.6. The number of carbonyl (C=O) groups is 2. The quantitative estimate of drug-likeness (QED) is 0.186. The summed E-state index contributed by atoms with van der Waals surface area (Å²) < 4.78 is 6.20. The van der Waals surface area contributed by atoms with Gasteiger partial charge in [-0.05, 0) is 71.6 Å². The Hall–Kier alpha value is -4.35. The minimum atomic E-state index is -0.248. The largest absolute Gasteiger partial charge is 0.455 e. The highest BCUT2D eigenvalue weighted by molar-refractivity contribution is 6.35. The Kier molecular flexibility index (Phi) is 11.0. The molecule has 0 aromatic heterocycles. The van der Waals surface area contributed by atoms with Crippen molar-refractivity contribution in [3.05, 3.63) is 123 Å². The van der Waals surface area contributed by atoms with Crippen molar-refractivity contribution >= 4 is 40.7 Å². The van der Waals surface area contributed by atoms with Crippen molar-refractivity contribution < 1.29 is 14.3 Å². The number of nitrogens with zero attached hydrogens (tertiary/aromatic N) is 2. The minimum absolute atomic E-state index is 0.0125. The van der Waals surface area contributed by atoms with Crippen LogP contribution < -0.4 is 20.7 Å². The number of anilines is 1. The summed E-state index contributed by atoms with van der Waals surface area (Å²) in [7, 11) is 0. The van der Waals surface area contributed by atoms with Gasteiger partial charge in [0.05, 0.1) is 23.9 Å². The van der Waals surface area contributed by atoms with Gasteiger partial charge >= 0.3 is 0 Å². The number of ether oxygens (including phenoxy) is 1. The molecule has 3 N–H and O–H groups in total. The van der Waals surface area contributed by atoms with E-state index >= 15 is 0 Å². The Morgan fingerprint density at radius 2 is 1.69 bits per heavy atom. The summed E-state index contributed by atoms with van der Waals surface area (Å²) in [6.45, 7) is 0.975. The zero-order valence-corrected chi connectivity index (χ0v) is 24.4. The molecule has 42 heavy (non-hydrogen) atoms. The Balaban J connectivity index is 1.48. The average molecular weight is 602 g/mol. The van der Waals surface area contributed by atoms with Gasteiger partial charge in [0.25, 0.3) is 0 Å². The molecule has 0 radical (unpaired) electrons. The number of nitrogens with one attached hydrogen (secondary N) is 1. The van der Waals surface area contributed by atoms with Crippen molar-refractivity contribution in [1.29, 1.82) is 5.26 Å². The van der Waals surface area contributed by atoms with Gasteiger partial charge in [-0.25, -0.2) is 0 Å². The highest BCUT2D eigenvalue weighted by atomic mass is 35.5. The van der Waals surface area contributed by atoms with Gasteiger partial charge in [-0.2, -0.15) is 5.26 Å². The van der Waals surface area contributed by atoms with E-state index in [-0.39, 0.29) is 31.2 Å². The van der Waals surface area contributed by atoms with E-state index in [1.54, 1.807) is 41.3 Å². The van der Waals surface area contributed by atoms with Crippen molar-refractivity contribution in [1.82, 2.24) is 5.32 Å². The van der Waals surface area contributed by atoms with Crippen LogP contribution in [0.3, 0.4) is 0 Å². The number of benzene rings is 4. The first-order chi connectivity index (χ1) is 20.4. The molecule has 9 heteroatoms. The third kappa shape index (κ3) is 8.58. The van der Waals surface area contributed by atoms with Crippen LogP contribution in [-0.4, -0.2) is 18.4 Å². The molecule has 0 atom stereocenters. The zero-order chi connectivity index (χ0) is 29.9. The standard InChI is InChI=1S/C33H30Cl2N4O3/c34-27-13-12-26(29(35)19-27)16-17-38-32(40)14-15-33(41)39(22-24-10-8-23(20-36)9-11-24)30-6-1-2-7-31(30)42-28-5-3-4-25(18-28)21-37/h1-13,18-19H,14-17,21-22,37H2,(H,38,40). The molecule has 0 heterocycles. The van der Waals surface area contributed by atoms with Gasteiger partial charge in [-0.3, -0.25) is 9.59 Å². The van der Waals surface area contributed by atoms with E-state index in [0.717, 1.165) is 16.7 Å². The lowest BCUT2D eigenvalue weighted by molar-refractivity contribution is -0.125. The number of nitriles is 1. The third-order valence-electron chi connectivity index (χ3n) is 6.54. The maximum absolute atomic E-state index is 13.6. The molecule has 0 aliphatic heterocycles. The second-order valence-corrected chi connectivity index (χ2v) is 10.4. The molecule has 0 unspecified atom stereocenters. The Labute approximate surface area is 255 Å². The predicted molar refractivity (Wildman–Crippen MR) is 166 cm³/mol. The van der Waals surface area contributed by atoms with Crippen LogP contribution in [-0.2, 0) is 29.1 Å². The Bertz CT molecular complexity index is 1590. The van der Waals surface area contributed by atoms with Crippen LogP contribution in [0.15, 0.2) is 91.0 Å². The summed E-state index contributed by atoms with van der Waals surface area (Å²) in [6, 6.07) is 29.1. The normalized spacial score (nSPS) is 10.5. The van der Waals surface area contributed by atoms with Crippen LogP contribution in [0.1, 0.15) is 35.1 Å². The smallest absolute Gasteiger partial charge is 0.227 e. The molecule has 0 fully saturated rings. The molecular weight excluding hydrogens is 571 g/mol. The Morgan fingerprint density at radius 1 is 0.905 bits per heavy atom. The molecule has 214 valence electrons. The number of hydrogen-bond donors (Lipinski definition) is 2. The van der Waals surface area contributed by atoms with E-state index in [0.29, 0.717) is 52.3 Å². The maximum atomic E-state index is 13.6. The monoisotopic (exact) mass is 600 g/mol. The van der Waals surface area contributed by atoms with E-state index in [1.165, 1.54) is 0 Å². The topological polar surface area (TPSA) is 108 Å². The molecule has 0 bridgehead atoms. The van der Waals surface area contributed by atoms with Crippen LogP contribution in [0.25, 0.3) is 0 Å². The molecule has 0 saturated heterocycles. The van der Waals surface area contributed by atoms with Crippen molar-refractivity contribution in [2.24, 2.45) is 5.73 Å². The average Bonchev–Trinajstić information content (AvgIpc) is 3.00. The molecule has 2 amide bonds. The van der Waals surface area contributed by atoms with Crippen LogP contribution in [0.5, 0.6) is 11.5 Å². The van der Waals surface area contributed by atoms with E-state index < -0.39 is 0 Å². The lowest BCUT2D eigenvalue weighted by atomic mass is 10.1. The highest BCUT2D eigenvalue weighted by Gasteiger charge is 2.21. The van der Waals surface area contributed by atoms with Crippen LogP contribution in [0.4, 0.5) is 5.69 Å². The summed E-state index contributed by atoms with van der Waals surface area (Å²) >= 11 is 12.2. The van der Waals surface area contributed by atoms with Crippen molar-refractivity contribution in [3.8, 4) is 17.6 Å². The highest BCUT2D eigenvalue weighted by Crippen LogP contribution is 2.34. The van der Waals surface area contributed by atoms with Crippen LogP contribution in [0, 0.1) is 11.3 Å². The van der Waals surface area contributed by atoms with Gasteiger partial charge in [-0.15, -0.1) is 0 Å². The maximum Gasteiger partial charge on any atom is 0.227 e. The summed E-state index contributed by atoms with van der Waals surface area (Å²) in [5.74, 6) is 0.589. The molecule has 4 rings (SSSR count). The van der Waals surface area contributed by atoms with Crippen LogP contribution in [0.2, 0.25) is 10.0 Å². The molecule has 0 spiro atoms. The first-order valence-electron chi connectivity index (χ1n) is 13.4. The molecule has 0 aliphatic rings.